The van der Waals surface area contributed by atoms with Crippen molar-refractivity contribution >= 4 is 5.78 Å². The van der Waals surface area contributed by atoms with Gasteiger partial charge >= 0.3 is 6.18 Å². The van der Waals surface area contributed by atoms with E-state index in [0.29, 0.717) is 0 Å². The van der Waals surface area contributed by atoms with Crippen LogP contribution in [-0.4, -0.2) is 5.78 Å². The van der Waals surface area contributed by atoms with Crippen LogP contribution in [0.4, 0.5) is 13.2 Å². The molecule has 0 aliphatic heterocycles. The molecule has 0 amide bonds. The Morgan fingerprint density at radius 3 is 2.31 bits per heavy atom. The number of halogens is 3. The molecule has 0 atom stereocenters. The number of alkyl halides is 3. The van der Waals surface area contributed by atoms with Crippen LogP contribution < -0.4 is 0 Å². The zero-order valence-electron chi connectivity index (χ0n) is 7.03. The summed E-state index contributed by atoms with van der Waals surface area (Å²) < 4.78 is 41.3. The first-order valence-corrected chi connectivity index (χ1v) is 3.51. The molecule has 5 heteroatoms. The van der Waals surface area contributed by atoms with Crippen molar-refractivity contribution in [3.63, 3.8) is 0 Å². The van der Waals surface area contributed by atoms with E-state index < -0.39 is 23.3 Å². The van der Waals surface area contributed by atoms with Crippen molar-refractivity contribution in [3.05, 3.63) is 23.2 Å². The first kappa shape index (κ1) is 9.83. The van der Waals surface area contributed by atoms with Gasteiger partial charge in [-0.15, -0.1) is 0 Å². The van der Waals surface area contributed by atoms with E-state index in [1.54, 1.807) is 0 Å². The highest BCUT2D eigenvalue weighted by Crippen LogP contribution is 2.34. The van der Waals surface area contributed by atoms with Gasteiger partial charge in [0.2, 0.25) is 0 Å². The third kappa shape index (κ3) is 1.91. The maximum absolute atomic E-state index is 12.2. The Labute approximate surface area is 72.3 Å². The normalized spacial score (nSPS) is 11.8. The minimum atomic E-state index is -4.53. The lowest BCUT2D eigenvalue weighted by Crippen LogP contribution is -2.08. The summed E-state index contributed by atoms with van der Waals surface area (Å²) in [5.74, 6) is -1.26. The molecule has 0 N–H and O–H groups in total. The van der Waals surface area contributed by atoms with E-state index in [1.165, 1.54) is 6.92 Å². The van der Waals surface area contributed by atoms with Gasteiger partial charge in [-0.25, -0.2) is 0 Å². The standard InChI is InChI=1S/C8H7F3O2/c1-4-3-6(8(9,10)11)7(13-4)5(2)12/h3H,1-2H3. The van der Waals surface area contributed by atoms with Gasteiger partial charge in [0.05, 0.1) is 0 Å². The molecule has 0 saturated carbocycles. The van der Waals surface area contributed by atoms with Gasteiger partial charge in [-0.2, -0.15) is 13.2 Å². The van der Waals surface area contributed by atoms with E-state index in [2.05, 4.69) is 4.42 Å². The van der Waals surface area contributed by atoms with Crippen LogP contribution in [0, 0.1) is 6.92 Å². The summed E-state index contributed by atoms with van der Waals surface area (Å²) in [5, 5.41) is 0. The highest BCUT2D eigenvalue weighted by Gasteiger charge is 2.37. The summed E-state index contributed by atoms with van der Waals surface area (Å²) in [5.41, 5.74) is -1.00. The van der Waals surface area contributed by atoms with E-state index in [9.17, 15) is 18.0 Å². The summed E-state index contributed by atoms with van der Waals surface area (Å²) >= 11 is 0. The Kier molecular flexibility index (Phi) is 2.19. The Hall–Kier alpha value is -1.26. The average Bonchev–Trinajstić information content (AvgIpc) is 2.29. The van der Waals surface area contributed by atoms with E-state index in [-0.39, 0.29) is 5.76 Å². The Bertz CT molecular complexity index is 336. The second-order valence-corrected chi connectivity index (χ2v) is 2.65. The first-order chi connectivity index (χ1) is 5.82. The highest BCUT2D eigenvalue weighted by atomic mass is 19.4. The summed E-state index contributed by atoms with van der Waals surface area (Å²) in [4.78, 5) is 10.7. The molecule has 1 rings (SSSR count). The zero-order valence-corrected chi connectivity index (χ0v) is 7.03. The fourth-order valence-electron chi connectivity index (χ4n) is 0.986. The molecule has 0 radical (unpaired) electrons. The van der Waals surface area contributed by atoms with Crippen molar-refractivity contribution in [3.8, 4) is 0 Å². The fraction of sp³-hybridized carbons (Fsp3) is 0.375. The average molecular weight is 192 g/mol. The van der Waals surface area contributed by atoms with Crippen LogP contribution in [-0.2, 0) is 6.18 Å². The number of carbonyl (C=O) groups excluding carboxylic acids is 1. The van der Waals surface area contributed by atoms with Crippen molar-refractivity contribution in [2.75, 3.05) is 0 Å². The summed E-state index contributed by atoms with van der Waals surface area (Å²) in [6, 6.07) is 0.816. The molecule has 0 unspecified atom stereocenters. The number of aryl methyl sites for hydroxylation is 1. The molecular formula is C8H7F3O2. The molecular weight excluding hydrogens is 185 g/mol. The molecule has 1 heterocycles. The second-order valence-electron chi connectivity index (χ2n) is 2.65. The van der Waals surface area contributed by atoms with Crippen LogP contribution in [0.25, 0.3) is 0 Å². The van der Waals surface area contributed by atoms with Gasteiger partial charge in [0.1, 0.15) is 11.3 Å². The summed E-state index contributed by atoms with van der Waals surface area (Å²) in [6.45, 7) is 2.40. The lowest BCUT2D eigenvalue weighted by atomic mass is 10.2. The number of hydrogen-bond acceptors (Lipinski definition) is 2. The van der Waals surface area contributed by atoms with Crippen LogP contribution in [0.5, 0.6) is 0 Å². The van der Waals surface area contributed by atoms with Crippen molar-refractivity contribution < 1.29 is 22.4 Å². The Balaban J connectivity index is 3.28. The topological polar surface area (TPSA) is 30.2 Å². The Morgan fingerprint density at radius 1 is 1.46 bits per heavy atom. The SMILES string of the molecule is CC(=O)c1oc(C)cc1C(F)(F)F. The number of carbonyl (C=O) groups is 1. The van der Waals surface area contributed by atoms with Crippen LogP contribution in [0.1, 0.15) is 28.8 Å². The number of furan rings is 1. The largest absolute Gasteiger partial charge is 0.458 e. The maximum Gasteiger partial charge on any atom is 0.420 e. The van der Waals surface area contributed by atoms with Crippen LogP contribution in [0.2, 0.25) is 0 Å². The van der Waals surface area contributed by atoms with Crippen molar-refractivity contribution in [1.82, 2.24) is 0 Å². The molecule has 0 saturated heterocycles. The molecule has 1 aromatic heterocycles. The minimum absolute atomic E-state index is 0.0810. The van der Waals surface area contributed by atoms with Gasteiger partial charge in [-0.1, -0.05) is 0 Å². The van der Waals surface area contributed by atoms with Crippen LogP contribution in [0.15, 0.2) is 10.5 Å². The monoisotopic (exact) mass is 192 g/mol. The molecule has 1 aromatic rings. The molecule has 2 nitrogen and oxygen atoms in total. The molecule has 0 fully saturated rings. The van der Waals surface area contributed by atoms with E-state index in [4.69, 9.17) is 0 Å². The predicted octanol–water partition coefficient (Wildman–Crippen LogP) is 2.81. The van der Waals surface area contributed by atoms with Crippen LogP contribution >= 0.6 is 0 Å². The lowest BCUT2D eigenvalue weighted by molar-refractivity contribution is -0.138. The number of hydrogen-bond donors (Lipinski definition) is 0. The Morgan fingerprint density at radius 2 is 2.00 bits per heavy atom. The smallest absolute Gasteiger partial charge is 0.420 e. The number of ketones is 1. The summed E-state index contributed by atoms with van der Waals surface area (Å²) in [6.07, 6.45) is -4.53. The number of Topliss-reactive ketones (excluding diaryl/α,β-unsaturated/α-hetero) is 1. The van der Waals surface area contributed by atoms with Crippen LogP contribution in [0.3, 0.4) is 0 Å². The van der Waals surface area contributed by atoms with Gasteiger partial charge in [0.25, 0.3) is 0 Å². The molecule has 0 aliphatic carbocycles. The second kappa shape index (κ2) is 2.90. The van der Waals surface area contributed by atoms with E-state index >= 15 is 0 Å². The van der Waals surface area contributed by atoms with Crippen molar-refractivity contribution in [1.29, 1.82) is 0 Å². The molecule has 0 bridgehead atoms. The van der Waals surface area contributed by atoms with Crippen molar-refractivity contribution in [2.45, 2.75) is 20.0 Å². The molecule has 0 spiro atoms. The quantitative estimate of drug-likeness (QED) is 0.640. The van der Waals surface area contributed by atoms with Gasteiger partial charge < -0.3 is 4.42 Å². The van der Waals surface area contributed by atoms with E-state index in [0.717, 1.165) is 13.0 Å². The van der Waals surface area contributed by atoms with Crippen molar-refractivity contribution in [2.24, 2.45) is 0 Å². The minimum Gasteiger partial charge on any atom is -0.458 e. The van der Waals surface area contributed by atoms with Gasteiger partial charge in [0, 0.05) is 6.92 Å². The molecule has 13 heavy (non-hydrogen) atoms. The number of rotatable bonds is 1. The highest BCUT2D eigenvalue weighted by molar-refractivity contribution is 5.93. The van der Waals surface area contributed by atoms with E-state index in [1.807, 2.05) is 0 Å². The predicted molar refractivity (Wildman–Crippen MR) is 38.5 cm³/mol. The maximum atomic E-state index is 12.2. The third-order valence-electron chi connectivity index (χ3n) is 1.48. The fourth-order valence-corrected chi connectivity index (χ4v) is 0.986. The third-order valence-corrected chi connectivity index (χ3v) is 1.48. The molecule has 0 aromatic carbocycles. The lowest BCUT2D eigenvalue weighted by Gasteiger charge is -2.03. The van der Waals surface area contributed by atoms with Gasteiger partial charge in [0.15, 0.2) is 11.5 Å². The van der Waals surface area contributed by atoms with Gasteiger partial charge in [-0.3, -0.25) is 4.79 Å². The molecule has 72 valence electrons. The summed E-state index contributed by atoms with van der Waals surface area (Å²) in [7, 11) is 0. The van der Waals surface area contributed by atoms with Gasteiger partial charge in [-0.05, 0) is 13.0 Å². The first-order valence-electron chi connectivity index (χ1n) is 3.51. The zero-order chi connectivity index (χ0) is 10.2. The molecule has 0 aliphatic rings.